The fourth-order valence-corrected chi connectivity index (χ4v) is 2.93. The van der Waals surface area contributed by atoms with Crippen LogP contribution in [0.5, 0.6) is 0 Å². The van der Waals surface area contributed by atoms with Crippen LogP contribution in [0.2, 0.25) is 0 Å². The topological polar surface area (TPSA) is 32.6 Å². The predicted molar refractivity (Wildman–Crippen MR) is 59.2 cm³/mol. The van der Waals surface area contributed by atoms with E-state index in [1.165, 1.54) is 4.90 Å². The lowest BCUT2D eigenvalue weighted by Gasteiger charge is -2.08. The van der Waals surface area contributed by atoms with Crippen LogP contribution in [0.1, 0.15) is 19.3 Å². The van der Waals surface area contributed by atoms with Crippen LogP contribution in [0, 0.1) is 0 Å². The van der Waals surface area contributed by atoms with Gasteiger partial charge >= 0.3 is 0 Å². The maximum Gasteiger partial charge on any atom is 0.0704 e. The molecule has 0 saturated heterocycles. The molecule has 1 unspecified atom stereocenters. The summed E-state index contributed by atoms with van der Waals surface area (Å²) in [6.45, 7) is 0. The molecule has 0 aliphatic heterocycles. The van der Waals surface area contributed by atoms with Crippen LogP contribution in [0.25, 0.3) is 0 Å². The third kappa shape index (κ3) is 2.10. The molecule has 3 heteroatoms. The molecule has 0 spiro atoms. The Morgan fingerprint density at radius 1 is 1.29 bits per heavy atom. The first kappa shape index (κ1) is 9.59. The third-order valence-electron chi connectivity index (χ3n) is 2.42. The van der Waals surface area contributed by atoms with Gasteiger partial charge in [-0.15, -0.1) is 11.8 Å². The lowest BCUT2D eigenvalue weighted by Crippen LogP contribution is -2.08. The zero-order valence-corrected chi connectivity index (χ0v) is 8.70. The van der Waals surface area contributed by atoms with Crippen molar-refractivity contribution in [1.29, 1.82) is 0 Å². The first-order chi connectivity index (χ1) is 6.90. The fraction of sp³-hybridized carbons (Fsp3) is 0.364. The molecule has 1 N–H and O–H groups in total. The van der Waals surface area contributed by atoms with Crippen molar-refractivity contribution in [2.75, 3.05) is 0 Å². The molecule has 74 valence electrons. The molecule has 1 aromatic rings. The quantitative estimate of drug-likeness (QED) is 0.597. The van der Waals surface area contributed by atoms with E-state index in [0.29, 0.717) is 5.25 Å². The molecule has 2 nitrogen and oxygen atoms in total. The molecule has 1 aliphatic rings. The van der Waals surface area contributed by atoms with Crippen molar-refractivity contribution in [1.82, 2.24) is 0 Å². The van der Waals surface area contributed by atoms with Crippen LogP contribution in [0.15, 0.2) is 40.4 Å². The van der Waals surface area contributed by atoms with Crippen molar-refractivity contribution in [2.24, 2.45) is 5.16 Å². The summed E-state index contributed by atoms with van der Waals surface area (Å²) in [7, 11) is 0. The van der Waals surface area contributed by atoms with Crippen molar-refractivity contribution in [2.45, 2.75) is 29.4 Å². The number of hydrogen-bond donors (Lipinski definition) is 1. The number of rotatable bonds is 2. The molecule has 1 atom stereocenters. The summed E-state index contributed by atoms with van der Waals surface area (Å²) in [5.74, 6) is 0. The second-order valence-electron chi connectivity index (χ2n) is 3.40. The zero-order chi connectivity index (χ0) is 9.80. The minimum atomic E-state index is 0.377. The molecule has 0 heterocycles. The van der Waals surface area contributed by atoms with E-state index in [4.69, 9.17) is 5.21 Å². The van der Waals surface area contributed by atoms with Gasteiger partial charge in [0.05, 0.1) is 11.0 Å². The summed E-state index contributed by atoms with van der Waals surface area (Å²) in [5, 5.41) is 12.5. The average Bonchev–Trinajstić information content (AvgIpc) is 2.67. The van der Waals surface area contributed by atoms with E-state index >= 15 is 0 Å². The van der Waals surface area contributed by atoms with Crippen LogP contribution in [0.4, 0.5) is 0 Å². The summed E-state index contributed by atoms with van der Waals surface area (Å²) >= 11 is 1.79. The molecule has 0 radical (unpaired) electrons. The van der Waals surface area contributed by atoms with Crippen molar-refractivity contribution >= 4 is 17.5 Å². The molecule has 2 rings (SSSR count). The Bertz CT molecular complexity index is 323. The van der Waals surface area contributed by atoms with Gasteiger partial charge in [0.2, 0.25) is 0 Å². The Balaban J connectivity index is 2.04. The van der Waals surface area contributed by atoms with E-state index in [1.54, 1.807) is 11.8 Å². The van der Waals surface area contributed by atoms with Gasteiger partial charge in [-0.25, -0.2) is 0 Å². The van der Waals surface area contributed by atoms with Crippen LogP contribution < -0.4 is 0 Å². The number of thioether (sulfide) groups is 1. The average molecular weight is 207 g/mol. The lowest BCUT2D eigenvalue weighted by atomic mass is 10.3. The summed E-state index contributed by atoms with van der Waals surface area (Å²) < 4.78 is 0. The van der Waals surface area contributed by atoms with E-state index in [2.05, 4.69) is 17.3 Å². The highest BCUT2D eigenvalue weighted by Crippen LogP contribution is 2.32. The van der Waals surface area contributed by atoms with Gasteiger partial charge in [0, 0.05) is 4.90 Å². The maximum absolute atomic E-state index is 8.79. The highest BCUT2D eigenvalue weighted by atomic mass is 32.2. The second kappa shape index (κ2) is 4.51. The highest BCUT2D eigenvalue weighted by Gasteiger charge is 2.23. The standard InChI is InChI=1S/C11H13NOS/c13-12-10-7-4-8-11(10)14-9-5-2-1-3-6-9/h1-3,5-6,11,13H,4,7-8H2/b12-10+. The van der Waals surface area contributed by atoms with Gasteiger partial charge in [0.15, 0.2) is 0 Å². The summed E-state index contributed by atoms with van der Waals surface area (Å²) in [5.41, 5.74) is 0.943. The minimum absolute atomic E-state index is 0.377. The van der Waals surface area contributed by atoms with Gasteiger partial charge in [0.1, 0.15) is 0 Å². The largest absolute Gasteiger partial charge is 0.411 e. The summed E-state index contributed by atoms with van der Waals surface area (Å²) in [6, 6.07) is 10.3. The molecule has 14 heavy (non-hydrogen) atoms. The summed E-state index contributed by atoms with van der Waals surface area (Å²) in [4.78, 5) is 1.25. The Morgan fingerprint density at radius 2 is 2.07 bits per heavy atom. The number of nitrogens with zero attached hydrogens (tertiary/aromatic N) is 1. The van der Waals surface area contributed by atoms with Gasteiger partial charge in [-0.2, -0.15) is 0 Å². The predicted octanol–water partition coefficient (Wildman–Crippen LogP) is 3.16. The molecular formula is C11H13NOS. The molecular weight excluding hydrogens is 194 g/mol. The lowest BCUT2D eigenvalue weighted by molar-refractivity contribution is 0.317. The highest BCUT2D eigenvalue weighted by molar-refractivity contribution is 8.00. The molecule has 0 amide bonds. The molecule has 1 aliphatic carbocycles. The molecule has 1 saturated carbocycles. The van der Waals surface area contributed by atoms with E-state index < -0.39 is 0 Å². The third-order valence-corrected chi connectivity index (χ3v) is 3.76. The fourth-order valence-electron chi connectivity index (χ4n) is 1.70. The van der Waals surface area contributed by atoms with Gasteiger partial charge < -0.3 is 5.21 Å². The molecule has 0 aromatic heterocycles. The summed E-state index contributed by atoms with van der Waals surface area (Å²) in [6.07, 6.45) is 3.21. The molecule has 1 fully saturated rings. The second-order valence-corrected chi connectivity index (χ2v) is 4.68. The monoisotopic (exact) mass is 207 g/mol. The number of oxime groups is 1. The van der Waals surface area contributed by atoms with Crippen molar-refractivity contribution in [3.05, 3.63) is 30.3 Å². The van der Waals surface area contributed by atoms with Crippen LogP contribution in [-0.4, -0.2) is 16.2 Å². The van der Waals surface area contributed by atoms with Crippen molar-refractivity contribution in [3.63, 3.8) is 0 Å². The van der Waals surface area contributed by atoms with Crippen molar-refractivity contribution < 1.29 is 5.21 Å². The van der Waals surface area contributed by atoms with E-state index in [1.807, 2.05) is 18.2 Å². The smallest absolute Gasteiger partial charge is 0.0704 e. The zero-order valence-electron chi connectivity index (χ0n) is 7.89. The van der Waals surface area contributed by atoms with Gasteiger partial charge in [0.25, 0.3) is 0 Å². The van der Waals surface area contributed by atoms with E-state index in [9.17, 15) is 0 Å². The Labute approximate surface area is 88.0 Å². The number of hydrogen-bond acceptors (Lipinski definition) is 3. The Morgan fingerprint density at radius 3 is 2.79 bits per heavy atom. The van der Waals surface area contributed by atoms with Gasteiger partial charge in [-0.05, 0) is 31.4 Å². The SMILES string of the molecule is O/N=C1\CCCC1Sc1ccccc1. The van der Waals surface area contributed by atoms with Crippen LogP contribution in [0.3, 0.4) is 0 Å². The minimum Gasteiger partial charge on any atom is -0.411 e. The first-order valence-corrected chi connectivity index (χ1v) is 5.70. The Hall–Kier alpha value is -0.960. The molecule has 1 aromatic carbocycles. The normalized spacial score (nSPS) is 24.3. The molecule has 0 bridgehead atoms. The maximum atomic E-state index is 8.79. The van der Waals surface area contributed by atoms with E-state index in [-0.39, 0.29) is 0 Å². The van der Waals surface area contributed by atoms with Crippen LogP contribution >= 0.6 is 11.8 Å². The Kier molecular flexibility index (Phi) is 3.09. The van der Waals surface area contributed by atoms with Crippen molar-refractivity contribution in [3.8, 4) is 0 Å². The van der Waals surface area contributed by atoms with Gasteiger partial charge in [-0.1, -0.05) is 23.4 Å². The first-order valence-electron chi connectivity index (χ1n) is 4.82. The van der Waals surface area contributed by atoms with Gasteiger partial charge in [-0.3, -0.25) is 0 Å². The van der Waals surface area contributed by atoms with E-state index in [0.717, 1.165) is 25.0 Å². The number of benzene rings is 1. The van der Waals surface area contributed by atoms with Crippen LogP contribution in [-0.2, 0) is 0 Å².